The summed E-state index contributed by atoms with van der Waals surface area (Å²) in [7, 11) is 0. The van der Waals surface area contributed by atoms with E-state index < -0.39 is 11.7 Å². The Hall–Kier alpha value is -3.48. The topological polar surface area (TPSA) is 53.4 Å². The van der Waals surface area contributed by atoms with Gasteiger partial charge in [-0.2, -0.15) is 23.4 Å². The molecule has 0 saturated heterocycles. The maximum Gasteiger partial charge on any atom is 0.416 e. The highest BCUT2D eigenvalue weighted by Gasteiger charge is 2.30. The van der Waals surface area contributed by atoms with Gasteiger partial charge in [-0.1, -0.05) is 31.5 Å². The summed E-state index contributed by atoms with van der Waals surface area (Å²) in [5, 5.41) is 9.77. The summed E-state index contributed by atoms with van der Waals surface area (Å²) < 4.78 is 39.1. The predicted molar refractivity (Wildman–Crippen MR) is 125 cm³/mol. The Morgan fingerprint density at radius 1 is 1.03 bits per heavy atom. The number of rotatable bonds is 7. The van der Waals surface area contributed by atoms with Crippen LogP contribution < -0.4 is 0 Å². The van der Waals surface area contributed by atoms with Gasteiger partial charge in [0.15, 0.2) is 0 Å². The molecule has 33 heavy (non-hydrogen) atoms. The van der Waals surface area contributed by atoms with Gasteiger partial charge < -0.3 is 4.98 Å². The zero-order valence-electron chi connectivity index (χ0n) is 18.6. The van der Waals surface area contributed by atoms with Crippen LogP contribution in [0, 0.1) is 6.92 Å². The van der Waals surface area contributed by atoms with Crippen molar-refractivity contribution < 1.29 is 13.2 Å². The number of nitrogens with one attached hydrogen (secondary N) is 1. The Morgan fingerprint density at radius 3 is 2.52 bits per heavy atom. The summed E-state index contributed by atoms with van der Waals surface area (Å²) in [6, 6.07) is 15.1. The number of halogens is 3. The smallest absolute Gasteiger partial charge is 0.354 e. The molecule has 0 atom stereocenters. The lowest BCUT2D eigenvalue weighted by Gasteiger charge is -2.08. The van der Waals surface area contributed by atoms with Crippen LogP contribution in [0.15, 0.2) is 71.0 Å². The van der Waals surface area contributed by atoms with E-state index in [4.69, 9.17) is 0 Å². The SMILES string of the molecule is CCCCc1ccc2[nH]c(-c3ccc(C(F)(F)F)cc3)c(CN=Nc3cccnc3C)c2c1. The number of nitrogens with zero attached hydrogens (tertiary/aromatic N) is 3. The molecule has 0 radical (unpaired) electrons. The number of aromatic amines is 1. The summed E-state index contributed by atoms with van der Waals surface area (Å²) >= 11 is 0. The molecule has 1 N–H and O–H groups in total. The van der Waals surface area contributed by atoms with Crippen LogP contribution in [0.1, 0.15) is 42.1 Å². The van der Waals surface area contributed by atoms with E-state index in [-0.39, 0.29) is 0 Å². The molecule has 4 nitrogen and oxygen atoms in total. The zero-order valence-corrected chi connectivity index (χ0v) is 18.6. The van der Waals surface area contributed by atoms with Crippen molar-refractivity contribution in [3.05, 3.63) is 83.2 Å². The van der Waals surface area contributed by atoms with Gasteiger partial charge in [-0.25, -0.2) is 0 Å². The van der Waals surface area contributed by atoms with Gasteiger partial charge in [0.2, 0.25) is 0 Å². The number of fused-ring (bicyclic) bond motifs is 1. The van der Waals surface area contributed by atoms with E-state index in [9.17, 15) is 13.2 Å². The average molecular weight is 451 g/mol. The molecule has 0 aliphatic carbocycles. The molecular formula is C26H25F3N4. The largest absolute Gasteiger partial charge is 0.416 e. The van der Waals surface area contributed by atoms with Gasteiger partial charge in [-0.05, 0) is 67.3 Å². The number of unbranched alkanes of at least 4 members (excludes halogenated alkanes) is 1. The quantitative estimate of drug-likeness (QED) is 0.284. The Bertz CT molecular complexity index is 1270. The van der Waals surface area contributed by atoms with Crippen molar-refractivity contribution in [1.82, 2.24) is 9.97 Å². The lowest BCUT2D eigenvalue weighted by molar-refractivity contribution is -0.137. The van der Waals surface area contributed by atoms with Gasteiger partial charge in [0, 0.05) is 22.7 Å². The number of hydrogen-bond donors (Lipinski definition) is 1. The molecule has 0 aliphatic heterocycles. The molecule has 2 heterocycles. The summed E-state index contributed by atoms with van der Waals surface area (Å²) in [6.45, 7) is 4.32. The second-order valence-corrected chi connectivity index (χ2v) is 8.04. The summed E-state index contributed by atoms with van der Waals surface area (Å²) in [4.78, 5) is 7.61. The summed E-state index contributed by atoms with van der Waals surface area (Å²) in [5.41, 5.74) is 5.30. The van der Waals surface area contributed by atoms with E-state index in [1.807, 2.05) is 19.1 Å². The van der Waals surface area contributed by atoms with Gasteiger partial charge in [0.1, 0.15) is 5.69 Å². The molecule has 0 amide bonds. The Kier molecular flexibility index (Phi) is 6.58. The van der Waals surface area contributed by atoms with Gasteiger partial charge >= 0.3 is 6.18 Å². The fraction of sp³-hybridized carbons (Fsp3) is 0.269. The van der Waals surface area contributed by atoms with Crippen molar-refractivity contribution in [1.29, 1.82) is 0 Å². The molecule has 0 aliphatic rings. The van der Waals surface area contributed by atoms with Crippen LogP contribution in [-0.2, 0) is 19.1 Å². The molecule has 2 aromatic carbocycles. The lowest BCUT2D eigenvalue weighted by atomic mass is 10.0. The van der Waals surface area contributed by atoms with Crippen molar-refractivity contribution in [3.63, 3.8) is 0 Å². The maximum atomic E-state index is 13.0. The highest BCUT2D eigenvalue weighted by Crippen LogP contribution is 2.35. The number of pyridine rings is 1. The minimum atomic E-state index is -4.37. The van der Waals surface area contributed by atoms with Crippen LogP contribution in [0.25, 0.3) is 22.2 Å². The highest BCUT2D eigenvalue weighted by molar-refractivity contribution is 5.91. The number of H-pyrrole nitrogens is 1. The zero-order chi connectivity index (χ0) is 23.4. The standard InChI is InChI=1S/C26H25F3N4/c1-3-4-6-18-8-13-24-21(15-18)22(16-31-33-23-7-5-14-30-17(23)2)25(32-24)19-9-11-20(12-10-19)26(27,28)29/h5,7-15,32H,3-4,6,16H2,1-2H3. The van der Waals surface area contributed by atoms with E-state index in [1.165, 1.54) is 17.7 Å². The van der Waals surface area contributed by atoms with E-state index in [0.717, 1.165) is 59.2 Å². The molecule has 2 aromatic heterocycles. The van der Waals surface area contributed by atoms with Gasteiger partial charge in [-0.3, -0.25) is 4.98 Å². The van der Waals surface area contributed by atoms with Crippen LogP contribution in [0.5, 0.6) is 0 Å². The van der Waals surface area contributed by atoms with Crippen molar-refractivity contribution in [2.45, 2.75) is 45.8 Å². The van der Waals surface area contributed by atoms with E-state index in [2.05, 4.69) is 39.3 Å². The first-order valence-electron chi connectivity index (χ1n) is 11.0. The van der Waals surface area contributed by atoms with Crippen molar-refractivity contribution in [2.24, 2.45) is 10.2 Å². The van der Waals surface area contributed by atoms with Gasteiger partial charge in [0.05, 0.1) is 23.5 Å². The van der Waals surface area contributed by atoms with Gasteiger partial charge in [-0.15, -0.1) is 0 Å². The molecule has 0 unspecified atom stereocenters. The second kappa shape index (κ2) is 9.57. The van der Waals surface area contributed by atoms with Crippen LogP contribution in [0.3, 0.4) is 0 Å². The van der Waals surface area contributed by atoms with E-state index in [0.29, 0.717) is 17.8 Å². The normalized spacial score (nSPS) is 12.2. The summed E-state index contributed by atoms with van der Waals surface area (Å²) in [5.74, 6) is 0. The van der Waals surface area contributed by atoms with E-state index in [1.54, 1.807) is 12.3 Å². The monoisotopic (exact) mass is 450 g/mol. The summed E-state index contributed by atoms with van der Waals surface area (Å²) in [6.07, 6.45) is 0.508. The van der Waals surface area contributed by atoms with E-state index >= 15 is 0 Å². The third-order valence-electron chi connectivity index (χ3n) is 5.68. The third-order valence-corrected chi connectivity index (χ3v) is 5.68. The number of azo groups is 1. The molecule has 7 heteroatoms. The molecule has 170 valence electrons. The first-order chi connectivity index (χ1) is 15.9. The fourth-order valence-corrected chi connectivity index (χ4v) is 3.83. The van der Waals surface area contributed by atoms with Crippen LogP contribution in [0.2, 0.25) is 0 Å². The van der Waals surface area contributed by atoms with Crippen molar-refractivity contribution >= 4 is 16.6 Å². The number of aryl methyl sites for hydroxylation is 2. The highest BCUT2D eigenvalue weighted by atomic mass is 19.4. The Morgan fingerprint density at radius 2 is 1.82 bits per heavy atom. The first kappa shape index (κ1) is 22.7. The third kappa shape index (κ3) is 5.13. The predicted octanol–water partition coefficient (Wildman–Crippen LogP) is 8.18. The molecule has 0 bridgehead atoms. The number of alkyl halides is 3. The molecule has 0 spiro atoms. The molecule has 4 aromatic rings. The molecular weight excluding hydrogens is 425 g/mol. The lowest BCUT2D eigenvalue weighted by Crippen LogP contribution is -2.04. The van der Waals surface area contributed by atoms with Crippen LogP contribution >= 0.6 is 0 Å². The minimum absolute atomic E-state index is 0.294. The number of aromatic nitrogens is 2. The minimum Gasteiger partial charge on any atom is -0.354 e. The Labute approximate surface area is 190 Å². The van der Waals surface area contributed by atoms with Gasteiger partial charge in [0.25, 0.3) is 0 Å². The molecule has 0 fully saturated rings. The number of hydrogen-bond acceptors (Lipinski definition) is 3. The fourth-order valence-electron chi connectivity index (χ4n) is 3.83. The second-order valence-electron chi connectivity index (χ2n) is 8.04. The molecule has 0 saturated carbocycles. The number of benzene rings is 2. The van der Waals surface area contributed by atoms with Crippen molar-refractivity contribution in [3.8, 4) is 11.3 Å². The van der Waals surface area contributed by atoms with Crippen molar-refractivity contribution in [2.75, 3.05) is 0 Å². The van der Waals surface area contributed by atoms with Crippen LogP contribution in [0.4, 0.5) is 18.9 Å². The Balaban J connectivity index is 1.75. The average Bonchev–Trinajstić information content (AvgIpc) is 3.16. The van der Waals surface area contributed by atoms with Crippen LogP contribution in [-0.4, -0.2) is 9.97 Å². The molecule has 4 rings (SSSR count). The maximum absolute atomic E-state index is 13.0. The first-order valence-corrected chi connectivity index (χ1v) is 11.0.